The molecule has 10 heteroatoms. The number of anilines is 1. The van der Waals surface area contributed by atoms with Crippen LogP contribution in [0.5, 0.6) is 11.5 Å². The number of carbonyl (C=O) groups is 1. The summed E-state index contributed by atoms with van der Waals surface area (Å²) in [4.78, 5) is 27.3. The molecule has 2 aromatic rings. The van der Waals surface area contributed by atoms with Gasteiger partial charge in [-0.2, -0.15) is 8.78 Å². The van der Waals surface area contributed by atoms with Crippen molar-refractivity contribution in [3.05, 3.63) is 57.6 Å². The molecule has 0 saturated carbocycles. The lowest BCUT2D eigenvalue weighted by Gasteiger charge is -2.20. The zero-order valence-corrected chi connectivity index (χ0v) is 17.2. The van der Waals surface area contributed by atoms with Crippen LogP contribution in [-0.4, -0.2) is 49.6 Å². The van der Waals surface area contributed by atoms with E-state index in [0.29, 0.717) is 11.3 Å². The van der Waals surface area contributed by atoms with Crippen LogP contribution >= 0.6 is 0 Å². The number of methoxy groups -OCH3 is 1. The average Bonchev–Trinajstić information content (AvgIpc) is 3.28. The lowest BCUT2D eigenvalue weighted by molar-refractivity contribution is -0.384. The van der Waals surface area contributed by atoms with E-state index in [1.165, 1.54) is 30.2 Å². The fraction of sp³-hybridized carbons (Fsp3) is 0.381. The largest absolute Gasteiger partial charge is 0.493 e. The van der Waals surface area contributed by atoms with Crippen LogP contribution in [-0.2, 0) is 6.54 Å². The fourth-order valence-corrected chi connectivity index (χ4v) is 3.60. The summed E-state index contributed by atoms with van der Waals surface area (Å²) in [5, 5.41) is 11.6. The highest BCUT2D eigenvalue weighted by Crippen LogP contribution is 2.33. The highest BCUT2D eigenvalue weighted by atomic mass is 19.3. The van der Waals surface area contributed by atoms with Crippen LogP contribution in [0.25, 0.3) is 0 Å². The molecule has 1 fully saturated rings. The Morgan fingerprint density at radius 1 is 1.19 bits per heavy atom. The molecular formula is C21H23F2N3O5. The molecule has 0 atom stereocenters. The van der Waals surface area contributed by atoms with E-state index in [2.05, 4.69) is 4.74 Å². The normalized spacial score (nSPS) is 13.4. The minimum absolute atomic E-state index is 0.101. The van der Waals surface area contributed by atoms with E-state index in [-0.39, 0.29) is 29.3 Å². The number of nitro groups is 1. The molecule has 1 amide bonds. The highest BCUT2D eigenvalue weighted by Gasteiger charge is 2.25. The highest BCUT2D eigenvalue weighted by molar-refractivity contribution is 5.95. The van der Waals surface area contributed by atoms with E-state index in [9.17, 15) is 23.7 Å². The zero-order chi connectivity index (χ0) is 22.5. The SMILES string of the molecule is COc1cc(CN(C)C(=O)c2ccc(N3CCCC3)c([N+](=O)[O-])c2)ccc1OC(F)F. The van der Waals surface area contributed by atoms with Gasteiger partial charge in [0.15, 0.2) is 11.5 Å². The Bertz CT molecular complexity index is 964. The second-order valence-electron chi connectivity index (χ2n) is 7.18. The number of halogens is 2. The van der Waals surface area contributed by atoms with Crippen LogP contribution in [0.1, 0.15) is 28.8 Å². The first-order chi connectivity index (χ1) is 14.8. The first-order valence-corrected chi connectivity index (χ1v) is 9.70. The summed E-state index contributed by atoms with van der Waals surface area (Å²) in [6, 6.07) is 8.88. The second-order valence-corrected chi connectivity index (χ2v) is 7.18. The summed E-state index contributed by atoms with van der Waals surface area (Å²) in [5.74, 6) is -0.393. The van der Waals surface area contributed by atoms with Gasteiger partial charge in [-0.25, -0.2) is 0 Å². The van der Waals surface area contributed by atoms with Crippen molar-refractivity contribution in [1.82, 2.24) is 4.90 Å². The molecule has 0 radical (unpaired) electrons. The molecule has 1 aliphatic rings. The Kier molecular flexibility index (Phi) is 6.88. The van der Waals surface area contributed by atoms with Gasteiger partial charge in [-0.3, -0.25) is 14.9 Å². The van der Waals surface area contributed by atoms with E-state index in [0.717, 1.165) is 25.9 Å². The number of rotatable bonds is 8. The van der Waals surface area contributed by atoms with Crippen molar-refractivity contribution < 1.29 is 28.0 Å². The molecule has 0 spiro atoms. The number of nitrogens with zero attached hydrogens (tertiary/aromatic N) is 3. The van der Waals surface area contributed by atoms with Crippen molar-refractivity contribution >= 4 is 17.3 Å². The Morgan fingerprint density at radius 2 is 1.90 bits per heavy atom. The second kappa shape index (κ2) is 9.59. The maximum Gasteiger partial charge on any atom is 0.387 e. The smallest absolute Gasteiger partial charge is 0.387 e. The number of carbonyl (C=O) groups excluding carboxylic acids is 1. The van der Waals surface area contributed by atoms with Gasteiger partial charge >= 0.3 is 6.61 Å². The van der Waals surface area contributed by atoms with Crippen molar-refractivity contribution in [2.24, 2.45) is 0 Å². The number of hydrogen-bond acceptors (Lipinski definition) is 6. The molecule has 31 heavy (non-hydrogen) atoms. The summed E-state index contributed by atoms with van der Waals surface area (Å²) in [6.45, 7) is -1.34. The summed E-state index contributed by atoms with van der Waals surface area (Å²) in [7, 11) is 2.88. The predicted molar refractivity (Wildman–Crippen MR) is 110 cm³/mol. The summed E-state index contributed by atoms with van der Waals surface area (Å²) >= 11 is 0. The molecule has 166 valence electrons. The minimum atomic E-state index is -2.98. The number of hydrogen-bond donors (Lipinski definition) is 0. The molecule has 2 aromatic carbocycles. The summed E-state index contributed by atoms with van der Waals surface area (Å²) in [6.07, 6.45) is 1.95. The van der Waals surface area contributed by atoms with Crippen molar-refractivity contribution in [3.8, 4) is 11.5 Å². The van der Waals surface area contributed by atoms with E-state index in [1.54, 1.807) is 25.2 Å². The first-order valence-electron chi connectivity index (χ1n) is 9.70. The third-order valence-electron chi connectivity index (χ3n) is 5.08. The van der Waals surface area contributed by atoms with E-state index in [4.69, 9.17) is 4.74 Å². The van der Waals surface area contributed by atoms with Crippen LogP contribution < -0.4 is 14.4 Å². The van der Waals surface area contributed by atoms with E-state index >= 15 is 0 Å². The molecule has 1 saturated heterocycles. The molecule has 8 nitrogen and oxygen atoms in total. The predicted octanol–water partition coefficient (Wildman–Crippen LogP) is 4.08. The average molecular weight is 435 g/mol. The molecule has 3 rings (SSSR count). The minimum Gasteiger partial charge on any atom is -0.493 e. The molecule has 0 aliphatic carbocycles. The number of nitro benzene ring substituents is 1. The van der Waals surface area contributed by atoms with Crippen LogP contribution in [0.3, 0.4) is 0 Å². The maximum atomic E-state index is 12.9. The zero-order valence-electron chi connectivity index (χ0n) is 17.2. The van der Waals surface area contributed by atoms with Crippen LogP contribution in [0.15, 0.2) is 36.4 Å². The lowest BCUT2D eigenvalue weighted by atomic mass is 10.1. The van der Waals surface area contributed by atoms with Gasteiger partial charge in [0.05, 0.1) is 12.0 Å². The molecule has 0 N–H and O–H groups in total. The fourth-order valence-electron chi connectivity index (χ4n) is 3.60. The van der Waals surface area contributed by atoms with Crippen molar-refractivity contribution in [2.75, 3.05) is 32.1 Å². The molecular weight excluding hydrogens is 412 g/mol. The number of ether oxygens (including phenoxy) is 2. The topological polar surface area (TPSA) is 85.2 Å². The standard InChI is InChI=1S/C21H23F2N3O5/c1-24(13-14-5-8-18(31-21(22)23)19(11-14)30-2)20(27)15-6-7-16(17(12-15)26(28)29)25-9-3-4-10-25/h5-8,11-12,21H,3-4,9-10,13H2,1-2H3. The Labute approximate surface area is 178 Å². The van der Waals surface area contributed by atoms with E-state index < -0.39 is 17.4 Å². The van der Waals surface area contributed by atoms with Gasteiger partial charge in [0, 0.05) is 38.3 Å². The molecule has 0 bridgehead atoms. The van der Waals surface area contributed by atoms with E-state index in [1.807, 2.05) is 4.90 Å². The van der Waals surface area contributed by atoms with Gasteiger partial charge in [0.25, 0.3) is 11.6 Å². The third kappa shape index (κ3) is 5.19. The van der Waals surface area contributed by atoms with Crippen molar-refractivity contribution in [2.45, 2.75) is 26.0 Å². The van der Waals surface area contributed by atoms with Crippen LogP contribution in [0.4, 0.5) is 20.2 Å². The molecule has 0 unspecified atom stereocenters. The number of amides is 1. The monoisotopic (exact) mass is 435 g/mol. The lowest BCUT2D eigenvalue weighted by Crippen LogP contribution is -2.26. The Morgan fingerprint density at radius 3 is 2.52 bits per heavy atom. The van der Waals surface area contributed by atoms with Crippen LogP contribution in [0, 0.1) is 10.1 Å². The molecule has 1 aliphatic heterocycles. The van der Waals surface area contributed by atoms with Gasteiger partial charge in [-0.1, -0.05) is 6.07 Å². The van der Waals surface area contributed by atoms with Crippen LogP contribution in [0.2, 0.25) is 0 Å². The van der Waals surface area contributed by atoms with Gasteiger partial charge in [0.2, 0.25) is 0 Å². The van der Waals surface area contributed by atoms with Gasteiger partial charge < -0.3 is 19.3 Å². The van der Waals surface area contributed by atoms with Gasteiger partial charge in [-0.15, -0.1) is 0 Å². The number of benzene rings is 2. The summed E-state index contributed by atoms with van der Waals surface area (Å²) in [5.41, 5.74) is 1.23. The summed E-state index contributed by atoms with van der Waals surface area (Å²) < 4.78 is 34.4. The Balaban J connectivity index is 1.78. The Hall–Kier alpha value is -3.43. The molecule has 1 heterocycles. The van der Waals surface area contributed by atoms with Crippen molar-refractivity contribution in [3.63, 3.8) is 0 Å². The van der Waals surface area contributed by atoms with Gasteiger partial charge in [-0.05, 0) is 42.7 Å². The molecule has 0 aromatic heterocycles. The quantitative estimate of drug-likeness (QED) is 0.459. The number of alkyl halides is 2. The third-order valence-corrected chi connectivity index (χ3v) is 5.08. The van der Waals surface area contributed by atoms with Crippen molar-refractivity contribution in [1.29, 1.82) is 0 Å². The first kappa shape index (κ1) is 22.3. The van der Waals surface area contributed by atoms with Gasteiger partial charge in [0.1, 0.15) is 5.69 Å². The maximum absolute atomic E-state index is 12.9.